The minimum atomic E-state index is -1.20. The van der Waals surface area contributed by atoms with Crippen molar-refractivity contribution in [3.63, 3.8) is 0 Å². The number of carbonyl (C=O) groups is 2. The van der Waals surface area contributed by atoms with Gasteiger partial charge in [-0.3, -0.25) is 4.79 Å². The zero-order chi connectivity index (χ0) is 15.6. The molecule has 4 N–H and O–H groups in total. The van der Waals surface area contributed by atoms with E-state index in [9.17, 15) is 14.7 Å². The Morgan fingerprint density at radius 2 is 2.14 bits per heavy atom. The number of anilines is 1. The fourth-order valence-electron chi connectivity index (χ4n) is 2.95. The Morgan fingerprint density at radius 3 is 2.71 bits per heavy atom. The van der Waals surface area contributed by atoms with E-state index in [1.54, 1.807) is 0 Å². The van der Waals surface area contributed by atoms with E-state index in [1.165, 1.54) is 18.2 Å². The second-order valence-electron chi connectivity index (χ2n) is 5.82. The molecule has 21 heavy (non-hydrogen) atoms. The summed E-state index contributed by atoms with van der Waals surface area (Å²) in [6.45, 7) is 2.00. The number of aliphatic carboxylic acids is 1. The summed E-state index contributed by atoms with van der Waals surface area (Å²) < 4.78 is 0. The SMILES string of the molecule is CC1CCCC(NC(=O)c2cc(N)cc(Cl)c2)(C(=O)O)C1. The van der Waals surface area contributed by atoms with Crippen LogP contribution in [0, 0.1) is 5.92 Å². The topological polar surface area (TPSA) is 92.4 Å². The Balaban J connectivity index is 2.24. The van der Waals surface area contributed by atoms with E-state index in [0.717, 1.165) is 12.8 Å². The number of hydrogen-bond acceptors (Lipinski definition) is 3. The van der Waals surface area contributed by atoms with Gasteiger partial charge in [-0.25, -0.2) is 4.79 Å². The van der Waals surface area contributed by atoms with Crippen LogP contribution in [-0.2, 0) is 4.79 Å². The van der Waals surface area contributed by atoms with Crippen LogP contribution in [0.15, 0.2) is 18.2 Å². The Labute approximate surface area is 128 Å². The summed E-state index contributed by atoms with van der Waals surface area (Å²) in [6.07, 6.45) is 2.64. The van der Waals surface area contributed by atoms with Gasteiger partial charge in [-0.1, -0.05) is 31.4 Å². The number of halogens is 1. The molecule has 1 saturated carbocycles. The smallest absolute Gasteiger partial charge is 0.329 e. The molecule has 1 amide bonds. The molecule has 1 aromatic rings. The van der Waals surface area contributed by atoms with Crippen molar-refractivity contribution in [2.45, 2.75) is 38.1 Å². The molecule has 2 rings (SSSR count). The van der Waals surface area contributed by atoms with Gasteiger partial charge in [-0.2, -0.15) is 0 Å². The summed E-state index contributed by atoms with van der Waals surface area (Å²) in [5, 5.41) is 12.6. The van der Waals surface area contributed by atoms with Crippen molar-refractivity contribution in [1.29, 1.82) is 0 Å². The molecular formula is C15H19ClN2O3. The molecule has 114 valence electrons. The van der Waals surface area contributed by atoms with Gasteiger partial charge in [0.15, 0.2) is 0 Å². The van der Waals surface area contributed by atoms with Crippen LogP contribution in [0.4, 0.5) is 5.69 Å². The first-order valence-electron chi connectivity index (χ1n) is 6.94. The Kier molecular flexibility index (Phi) is 4.42. The fourth-order valence-corrected chi connectivity index (χ4v) is 3.19. The number of nitrogens with one attached hydrogen (secondary N) is 1. The predicted octanol–water partition coefficient (Wildman–Crippen LogP) is 2.69. The maximum atomic E-state index is 12.3. The van der Waals surface area contributed by atoms with Gasteiger partial charge in [0.1, 0.15) is 5.54 Å². The van der Waals surface area contributed by atoms with Crippen molar-refractivity contribution in [3.8, 4) is 0 Å². The first-order valence-corrected chi connectivity index (χ1v) is 7.32. The zero-order valence-electron chi connectivity index (χ0n) is 11.9. The van der Waals surface area contributed by atoms with E-state index in [1.807, 2.05) is 6.92 Å². The van der Waals surface area contributed by atoms with E-state index in [4.69, 9.17) is 17.3 Å². The highest BCUT2D eigenvalue weighted by Gasteiger charge is 2.43. The van der Waals surface area contributed by atoms with Crippen LogP contribution in [0.2, 0.25) is 5.02 Å². The molecule has 0 bridgehead atoms. The minimum Gasteiger partial charge on any atom is -0.480 e. The van der Waals surface area contributed by atoms with Crippen LogP contribution < -0.4 is 11.1 Å². The molecule has 0 saturated heterocycles. The molecule has 0 aliphatic heterocycles. The molecule has 6 heteroatoms. The second kappa shape index (κ2) is 5.93. The average molecular weight is 311 g/mol. The molecular weight excluding hydrogens is 292 g/mol. The second-order valence-corrected chi connectivity index (χ2v) is 6.25. The van der Waals surface area contributed by atoms with Crippen LogP contribution in [-0.4, -0.2) is 22.5 Å². The van der Waals surface area contributed by atoms with E-state index >= 15 is 0 Å². The summed E-state index contributed by atoms with van der Waals surface area (Å²) in [7, 11) is 0. The number of carboxylic acids is 1. The number of nitrogens with two attached hydrogens (primary N) is 1. The summed E-state index contributed by atoms with van der Waals surface area (Å²) in [5.41, 5.74) is 5.11. The molecule has 0 radical (unpaired) electrons. The van der Waals surface area contributed by atoms with Crippen LogP contribution >= 0.6 is 11.6 Å². The van der Waals surface area contributed by atoms with E-state index in [-0.39, 0.29) is 11.5 Å². The molecule has 1 aliphatic carbocycles. The zero-order valence-corrected chi connectivity index (χ0v) is 12.6. The van der Waals surface area contributed by atoms with E-state index in [2.05, 4.69) is 5.32 Å². The van der Waals surface area contributed by atoms with Gasteiger partial charge in [0.2, 0.25) is 0 Å². The quantitative estimate of drug-likeness (QED) is 0.748. The minimum absolute atomic E-state index is 0.264. The molecule has 2 unspecified atom stereocenters. The van der Waals surface area contributed by atoms with Crippen molar-refractivity contribution in [2.24, 2.45) is 5.92 Å². The molecule has 1 aromatic carbocycles. The highest BCUT2D eigenvalue weighted by atomic mass is 35.5. The number of nitrogen functional groups attached to an aromatic ring is 1. The van der Waals surface area contributed by atoms with Gasteiger partial charge >= 0.3 is 5.97 Å². The van der Waals surface area contributed by atoms with Crippen molar-refractivity contribution in [3.05, 3.63) is 28.8 Å². The lowest BCUT2D eigenvalue weighted by Gasteiger charge is -2.37. The van der Waals surface area contributed by atoms with Crippen molar-refractivity contribution < 1.29 is 14.7 Å². The largest absolute Gasteiger partial charge is 0.480 e. The van der Waals surface area contributed by atoms with Gasteiger partial charge in [-0.15, -0.1) is 0 Å². The third-order valence-electron chi connectivity index (χ3n) is 3.94. The molecule has 0 heterocycles. The van der Waals surface area contributed by atoms with Crippen LogP contribution in [0.1, 0.15) is 43.0 Å². The molecule has 0 aromatic heterocycles. The summed E-state index contributed by atoms with van der Waals surface area (Å²) in [5.74, 6) is -1.18. The summed E-state index contributed by atoms with van der Waals surface area (Å²) in [4.78, 5) is 24.0. The normalized spacial score (nSPS) is 25.3. The maximum absolute atomic E-state index is 12.3. The third kappa shape index (κ3) is 3.47. The average Bonchev–Trinajstić information content (AvgIpc) is 2.37. The number of hydrogen-bond donors (Lipinski definition) is 3. The molecule has 1 aliphatic rings. The number of amides is 1. The van der Waals surface area contributed by atoms with Gasteiger partial charge in [0.05, 0.1) is 0 Å². The van der Waals surface area contributed by atoms with E-state index < -0.39 is 17.4 Å². The van der Waals surface area contributed by atoms with Crippen molar-refractivity contribution in [2.75, 3.05) is 5.73 Å². The van der Waals surface area contributed by atoms with Crippen LogP contribution in [0.5, 0.6) is 0 Å². The number of rotatable bonds is 3. The van der Waals surface area contributed by atoms with Gasteiger partial charge in [0.25, 0.3) is 5.91 Å². The van der Waals surface area contributed by atoms with Crippen molar-refractivity contribution >= 4 is 29.2 Å². The monoisotopic (exact) mass is 310 g/mol. The predicted molar refractivity (Wildman–Crippen MR) is 81.3 cm³/mol. The highest BCUT2D eigenvalue weighted by molar-refractivity contribution is 6.31. The lowest BCUT2D eigenvalue weighted by Crippen LogP contribution is -2.56. The first-order chi connectivity index (χ1) is 9.82. The molecule has 2 atom stereocenters. The standard InChI is InChI=1S/C15H19ClN2O3/c1-9-3-2-4-15(8-9,14(20)21)18-13(19)10-5-11(16)7-12(17)6-10/h5-7,9H,2-4,8,17H2,1H3,(H,18,19)(H,20,21). The van der Waals surface area contributed by atoms with Crippen LogP contribution in [0.25, 0.3) is 0 Å². The van der Waals surface area contributed by atoms with Gasteiger partial charge in [0, 0.05) is 16.3 Å². The molecule has 0 spiro atoms. The van der Waals surface area contributed by atoms with Crippen molar-refractivity contribution in [1.82, 2.24) is 5.32 Å². The number of benzene rings is 1. The highest BCUT2D eigenvalue weighted by Crippen LogP contribution is 2.33. The summed E-state index contributed by atoms with van der Waals surface area (Å²) >= 11 is 5.88. The van der Waals surface area contributed by atoms with Gasteiger partial charge < -0.3 is 16.2 Å². The lowest BCUT2D eigenvalue weighted by atomic mass is 9.76. The Bertz CT molecular complexity index is 556. The van der Waals surface area contributed by atoms with E-state index in [0.29, 0.717) is 23.6 Å². The maximum Gasteiger partial charge on any atom is 0.329 e. The molecule has 1 fully saturated rings. The Morgan fingerprint density at radius 1 is 1.43 bits per heavy atom. The summed E-state index contributed by atoms with van der Waals surface area (Å²) in [6, 6.07) is 4.51. The first kappa shape index (κ1) is 15.6. The molecule has 5 nitrogen and oxygen atoms in total. The number of carbonyl (C=O) groups excluding carboxylic acids is 1. The fraction of sp³-hybridized carbons (Fsp3) is 0.467. The lowest BCUT2D eigenvalue weighted by molar-refractivity contribution is -0.146. The van der Waals surface area contributed by atoms with Crippen LogP contribution in [0.3, 0.4) is 0 Å². The Hall–Kier alpha value is -1.75. The third-order valence-corrected chi connectivity index (χ3v) is 4.16. The van der Waals surface area contributed by atoms with Gasteiger partial charge in [-0.05, 0) is 37.0 Å². The number of carboxylic acid groups (broad SMARTS) is 1.